The molecule has 0 amide bonds. The van der Waals surface area contributed by atoms with Crippen LogP contribution in [0.5, 0.6) is 11.5 Å². The Balaban J connectivity index is 1.67. The van der Waals surface area contributed by atoms with E-state index < -0.39 is 0 Å². The fourth-order valence-corrected chi connectivity index (χ4v) is 3.53. The van der Waals surface area contributed by atoms with E-state index in [1.165, 1.54) is 12.8 Å². The molecular formula is C21H24N4O2. The van der Waals surface area contributed by atoms with Crippen LogP contribution < -0.4 is 19.7 Å². The average Bonchev–Trinajstić information content (AvgIpc) is 3.26. The van der Waals surface area contributed by atoms with E-state index in [0.29, 0.717) is 6.54 Å². The molecule has 0 aliphatic carbocycles. The summed E-state index contributed by atoms with van der Waals surface area (Å²) in [5.74, 6) is 3.10. The number of hydrogen-bond acceptors (Lipinski definition) is 6. The van der Waals surface area contributed by atoms with Gasteiger partial charge in [0.05, 0.1) is 19.7 Å². The third-order valence-electron chi connectivity index (χ3n) is 4.91. The molecular weight excluding hydrogens is 340 g/mol. The highest BCUT2D eigenvalue weighted by molar-refractivity contribution is 5.90. The Morgan fingerprint density at radius 3 is 2.56 bits per heavy atom. The highest BCUT2D eigenvalue weighted by Gasteiger charge is 2.17. The van der Waals surface area contributed by atoms with Gasteiger partial charge in [-0.25, -0.2) is 4.98 Å². The van der Waals surface area contributed by atoms with Crippen molar-refractivity contribution < 1.29 is 9.47 Å². The Hall–Kier alpha value is -3.02. The maximum absolute atomic E-state index is 5.54. The van der Waals surface area contributed by atoms with Crippen LogP contribution in [-0.2, 0) is 6.54 Å². The minimum atomic E-state index is 0.584. The Labute approximate surface area is 159 Å². The lowest BCUT2D eigenvalue weighted by Crippen LogP contribution is -2.21. The van der Waals surface area contributed by atoms with Gasteiger partial charge in [0.1, 0.15) is 5.82 Å². The van der Waals surface area contributed by atoms with Gasteiger partial charge in [0.25, 0.3) is 0 Å². The first-order valence-electron chi connectivity index (χ1n) is 9.25. The first-order chi connectivity index (χ1) is 13.3. The van der Waals surface area contributed by atoms with Gasteiger partial charge in [0.15, 0.2) is 11.5 Å². The van der Waals surface area contributed by atoms with Crippen LogP contribution in [0.2, 0.25) is 0 Å². The highest BCUT2D eigenvalue weighted by Crippen LogP contribution is 2.32. The normalized spacial score (nSPS) is 13.8. The monoisotopic (exact) mass is 364 g/mol. The predicted molar refractivity (Wildman–Crippen MR) is 108 cm³/mol. The molecule has 4 rings (SSSR count). The Morgan fingerprint density at radius 2 is 1.78 bits per heavy atom. The van der Waals surface area contributed by atoms with Crippen LogP contribution >= 0.6 is 0 Å². The zero-order chi connectivity index (χ0) is 18.6. The number of anilines is 2. The van der Waals surface area contributed by atoms with Gasteiger partial charge in [-0.2, -0.15) is 4.98 Å². The predicted octanol–water partition coefficient (Wildman–Crippen LogP) is 3.86. The molecule has 27 heavy (non-hydrogen) atoms. The number of nitrogens with one attached hydrogen (secondary N) is 1. The Kier molecular flexibility index (Phi) is 4.96. The van der Waals surface area contributed by atoms with Crippen molar-refractivity contribution in [2.45, 2.75) is 19.4 Å². The van der Waals surface area contributed by atoms with E-state index in [1.807, 2.05) is 42.5 Å². The molecule has 0 saturated carbocycles. The lowest BCUT2D eigenvalue weighted by molar-refractivity contribution is 0.352. The van der Waals surface area contributed by atoms with Crippen molar-refractivity contribution in [2.24, 2.45) is 0 Å². The van der Waals surface area contributed by atoms with Gasteiger partial charge in [-0.3, -0.25) is 0 Å². The van der Waals surface area contributed by atoms with Gasteiger partial charge >= 0.3 is 0 Å². The van der Waals surface area contributed by atoms with Crippen LogP contribution in [-0.4, -0.2) is 37.3 Å². The number of ether oxygens (including phenoxy) is 2. The smallest absolute Gasteiger partial charge is 0.227 e. The summed E-state index contributed by atoms with van der Waals surface area (Å²) < 4.78 is 10.9. The minimum Gasteiger partial charge on any atom is -0.493 e. The van der Waals surface area contributed by atoms with Crippen molar-refractivity contribution in [1.29, 1.82) is 0 Å². The van der Waals surface area contributed by atoms with E-state index >= 15 is 0 Å². The van der Waals surface area contributed by atoms with E-state index in [-0.39, 0.29) is 0 Å². The number of rotatable bonds is 6. The summed E-state index contributed by atoms with van der Waals surface area (Å²) in [7, 11) is 3.31. The summed E-state index contributed by atoms with van der Waals surface area (Å²) >= 11 is 0. The van der Waals surface area contributed by atoms with Gasteiger partial charge in [-0.1, -0.05) is 24.3 Å². The summed E-state index contributed by atoms with van der Waals surface area (Å²) in [6.45, 7) is 2.61. The minimum absolute atomic E-state index is 0.584. The Morgan fingerprint density at radius 1 is 0.963 bits per heavy atom. The summed E-state index contributed by atoms with van der Waals surface area (Å²) in [4.78, 5) is 11.8. The van der Waals surface area contributed by atoms with Crippen LogP contribution in [0.3, 0.4) is 0 Å². The van der Waals surface area contributed by atoms with Gasteiger partial charge < -0.3 is 19.7 Å². The number of hydrogen-bond donors (Lipinski definition) is 1. The van der Waals surface area contributed by atoms with Gasteiger partial charge in [-0.15, -0.1) is 0 Å². The molecule has 3 aromatic rings. The molecule has 0 unspecified atom stereocenters. The molecule has 6 nitrogen and oxygen atoms in total. The molecule has 1 aliphatic rings. The van der Waals surface area contributed by atoms with E-state index in [9.17, 15) is 0 Å². The zero-order valence-corrected chi connectivity index (χ0v) is 15.7. The number of para-hydroxylation sites is 2. The number of fused-ring (bicyclic) bond motifs is 1. The van der Waals surface area contributed by atoms with E-state index in [4.69, 9.17) is 19.4 Å². The van der Waals surface area contributed by atoms with E-state index in [0.717, 1.165) is 52.8 Å². The van der Waals surface area contributed by atoms with Crippen LogP contribution in [0.4, 0.5) is 11.8 Å². The number of aromatic nitrogens is 2. The molecule has 0 spiro atoms. The molecule has 0 radical (unpaired) electrons. The second kappa shape index (κ2) is 7.70. The molecule has 0 atom stereocenters. The van der Waals surface area contributed by atoms with Crippen molar-refractivity contribution >= 4 is 22.7 Å². The number of methoxy groups -OCH3 is 2. The van der Waals surface area contributed by atoms with Gasteiger partial charge in [0, 0.05) is 30.6 Å². The first-order valence-corrected chi connectivity index (χ1v) is 9.25. The summed E-state index contributed by atoms with van der Waals surface area (Å²) in [5.41, 5.74) is 1.97. The molecule has 2 heterocycles. The second-order valence-corrected chi connectivity index (χ2v) is 6.59. The third-order valence-corrected chi connectivity index (χ3v) is 4.91. The average molecular weight is 364 g/mol. The van der Waals surface area contributed by atoms with Crippen molar-refractivity contribution in [3.05, 3.63) is 48.0 Å². The van der Waals surface area contributed by atoms with Crippen molar-refractivity contribution in [1.82, 2.24) is 9.97 Å². The van der Waals surface area contributed by atoms with Crippen LogP contribution in [0.15, 0.2) is 42.5 Å². The molecule has 1 fully saturated rings. The summed E-state index contributed by atoms with van der Waals surface area (Å²) in [6, 6.07) is 14.0. The molecule has 140 valence electrons. The third kappa shape index (κ3) is 3.47. The van der Waals surface area contributed by atoms with Crippen LogP contribution in [0.25, 0.3) is 10.9 Å². The fourth-order valence-electron chi connectivity index (χ4n) is 3.53. The molecule has 6 heteroatoms. The van der Waals surface area contributed by atoms with Crippen molar-refractivity contribution in [3.8, 4) is 11.5 Å². The van der Waals surface area contributed by atoms with Crippen molar-refractivity contribution in [3.63, 3.8) is 0 Å². The Bertz CT molecular complexity index is 939. The topological polar surface area (TPSA) is 59.5 Å². The highest BCUT2D eigenvalue weighted by atomic mass is 16.5. The lowest BCUT2D eigenvalue weighted by atomic mass is 10.1. The molecule has 1 aliphatic heterocycles. The maximum Gasteiger partial charge on any atom is 0.227 e. The number of nitrogens with zero attached hydrogens (tertiary/aromatic N) is 3. The SMILES string of the molecule is COc1cccc(CNc2nc(N3CCCC3)nc3ccccc23)c1OC. The second-order valence-electron chi connectivity index (χ2n) is 6.59. The summed E-state index contributed by atoms with van der Waals surface area (Å²) in [6.07, 6.45) is 2.39. The largest absolute Gasteiger partial charge is 0.493 e. The van der Waals surface area contributed by atoms with Crippen LogP contribution in [0, 0.1) is 0 Å². The molecule has 1 aromatic heterocycles. The lowest BCUT2D eigenvalue weighted by Gasteiger charge is -2.18. The van der Waals surface area contributed by atoms with Crippen molar-refractivity contribution in [2.75, 3.05) is 37.5 Å². The molecule has 2 aromatic carbocycles. The zero-order valence-electron chi connectivity index (χ0n) is 15.7. The van der Waals surface area contributed by atoms with E-state index in [2.05, 4.69) is 10.2 Å². The van der Waals surface area contributed by atoms with E-state index in [1.54, 1.807) is 14.2 Å². The molecule has 1 N–H and O–H groups in total. The first kappa shape index (κ1) is 17.4. The quantitative estimate of drug-likeness (QED) is 0.717. The van der Waals surface area contributed by atoms with Gasteiger partial charge in [-0.05, 0) is 31.0 Å². The standard InChI is InChI=1S/C21H24N4O2/c1-26-18-11-7-8-15(19(18)27-2)14-22-20-16-9-3-4-10-17(16)23-21(24-20)25-12-5-6-13-25/h3-4,7-11H,5-6,12-14H2,1-2H3,(H,22,23,24). The van der Waals surface area contributed by atoms with Gasteiger partial charge in [0.2, 0.25) is 5.95 Å². The van der Waals surface area contributed by atoms with Crippen LogP contribution in [0.1, 0.15) is 18.4 Å². The maximum atomic E-state index is 5.54. The molecule has 0 bridgehead atoms. The fraction of sp³-hybridized carbons (Fsp3) is 0.333. The number of benzene rings is 2. The molecule has 1 saturated heterocycles. The summed E-state index contributed by atoms with van der Waals surface area (Å²) in [5, 5.41) is 4.50.